The molecule has 0 bridgehead atoms. The molecular formula is C30H50Cl3N8O8PS. The van der Waals surface area contributed by atoms with Gasteiger partial charge in [-0.05, 0) is 70.1 Å². The molecule has 5 N–H and O–H groups in total. The molecule has 3 aromatic rings. The molecule has 0 fully saturated rings. The van der Waals surface area contributed by atoms with Crippen molar-refractivity contribution in [2.24, 2.45) is 0 Å². The average molecular weight is 820 g/mol. The van der Waals surface area contributed by atoms with Crippen molar-refractivity contribution in [1.82, 2.24) is 30.0 Å². The van der Waals surface area contributed by atoms with Crippen molar-refractivity contribution in [2.45, 2.75) is 79.4 Å². The van der Waals surface area contributed by atoms with Gasteiger partial charge in [0.1, 0.15) is 13.3 Å². The second kappa shape index (κ2) is 21.8. The average Bonchev–Trinajstić information content (AvgIpc) is 3.30. The summed E-state index contributed by atoms with van der Waals surface area (Å²) in [4.78, 5) is 51.9. The topological polar surface area (TPSA) is 230 Å². The van der Waals surface area contributed by atoms with Crippen molar-refractivity contribution in [2.75, 3.05) is 48.8 Å². The molecule has 0 radical (unpaired) electrons. The van der Waals surface area contributed by atoms with Crippen molar-refractivity contribution >= 4 is 71.2 Å². The zero-order valence-electron chi connectivity index (χ0n) is 30.9. The van der Waals surface area contributed by atoms with E-state index in [9.17, 15) is 19.0 Å². The highest BCUT2D eigenvalue weighted by atomic mass is 35.5. The largest absolute Gasteiger partial charge is 0.778 e. The number of benzene rings is 1. The molecule has 0 aliphatic rings. The van der Waals surface area contributed by atoms with Crippen molar-refractivity contribution in [3.63, 3.8) is 0 Å². The van der Waals surface area contributed by atoms with E-state index in [1.165, 1.54) is 6.07 Å². The Balaban J connectivity index is 0.000000747. The first kappa shape index (κ1) is 48.4. The molecule has 1 atom stereocenters. The van der Waals surface area contributed by atoms with Gasteiger partial charge in [-0.2, -0.15) is 19.6 Å². The summed E-state index contributed by atoms with van der Waals surface area (Å²) in [6.45, 7) is 17.8. The normalized spacial score (nSPS) is 12.4. The van der Waals surface area contributed by atoms with Crippen molar-refractivity contribution < 1.29 is 33.4 Å². The summed E-state index contributed by atoms with van der Waals surface area (Å²) < 4.78 is 21.9. The summed E-state index contributed by atoms with van der Waals surface area (Å²) >= 11 is 18.1. The summed E-state index contributed by atoms with van der Waals surface area (Å²) in [5.41, 5.74) is -0.125. The summed E-state index contributed by atoms with van der Waals surface area (Å²) in [7, 11) is -3.71. The van der Waals surface area contributed by atoms with Crippen LogP contribution in [0.1, 0.15) is 68.2 Å². The van der Waals surface area contributed by atoms with E-state index in [1.807, 2.05) is 67.6 Å². The molecule has 0 aliphatic carbocycles. The molecule has 2 aromatic heterocycles. The van der Waals surface area contributed by atoms with Crippen molar-refractivity contribution in [3.05, 3.63) is 43.9 Å². The van der Waals surface area contributed by atoms with Crippen LogP contribution in [-0.2, 0) is 25.7 Å². The smallest absolute Gasteiger partial charge is 0.442 e. The van der Waals surface area contributed by atoms with Gasteiger partial charge in [-0.25, -0.2) is 4.79 Å². The molecular weight excluding hydrogens is 770 g/mol. The Bertz CT molecular complexity index is 1640. The minimum atomic E-state index is -4.35. The fourth-order valence-electron chi connectivity index (χ4n) is 3.04. The fourth-order valence-corrected chi connectivity index (χ4v) is 4.10. The van der Waals surface area contributed by atoms with Crippen LogP contribution in [0.5, 0.6) is 5.75 Å². The Morgan fingerprint density at radius 1 is 1.06 bits per heavy atom. The van der Waals surface area contributed by atoms with Gasteiger partial charge in [0, 0.05) is 23.6 Å². The third kappa shape index (κ3) is 22.1. The first-order chi connectivity index (χ1) is 23.1. The number of nitrogens with one attached hydrogen (secondary N) is 3. The van der Waals surface area contributed by atoms with Gasteiger partial charge in [-0.3, -0.25) is 10.1 Å². The molecule has 3 rings (SSSR count). The summed E-state index contributed by atoms with van der Waals surface area (Å²) in [6.07, 6.45) is 5.81. The van der Waals surface area contributed by atoms with E-state index >= 15 is 0 Å². The maximum Gasteiger partial charge on any atom is 0.442 e. The van der Waals surface area contributed by atoms with Crippen LogP contribution in [0.2, 0.25) is 15.3 Å². The van der Waals surface area contributed by atoms with Gasteiger partial charge in [-0.1, -0.05) is 44.0 Å². The summed E-state index contributed by atoms with van der Waals surface area (Å²) in [6, 6.07) is 3.11. The SMILES string of the molecule is CC(C)Oc1cc(-n2nc(C(C)(C)C)oc2=O)c(Cl)cc1Cl.CCNc1nc(Cl)nc(NC(C)(C)C)n1.C[S+](C)C.O=C(O)CNCP(=O)([O-])O. The Kier molecular flexibility index (Phi) is 20.7. The number of anilines is 2. The second-order valence-electron chi connectivity index (χ2n) is 13.2. The van der Waals surface area contributed by atoms with Gasteiger partial charge in [0.15, 0.2) is 0 Å². The number of aliphatic carboxylic acids is 1. The van der Waals surface area contributed by atoms with E-state index in [0.717, 1.165) is 11.2 Å². The molecule has 0 spiro atoms. The fraction of sp³-hybridized carbons (Fsp3) is 0.600. The number of hydrogen-bond acceptors (Lipinski definition) is 13. The quantitative estimate of drug-likeness (QED) is 0.133. The van der Waals surface area contributed by atoms with Gasteiger partial charge < -0.3 is 39.2 Å². The highest BCUT2D eigenvalue weighted by Crippen LogP contribution is 2.33. The maximum atomic E-state index is 12.1. The Hall–Kier alpha value is -2.63. The van der Waals surface area contributed by atoms with E-state index in [4.69, 9.17) is 54.0 Å². The zero-order chi connectivity index (χ0) is 39.9. The molecule has 0 aliphatic heterocycles. The van der Waals surface area contributed by atoms with Crippen LogP contribution >= 0.6 is 42.4 Å². The zero-order valence-corrected chi connectivity index (χ0v) is 34.9. The lowest BCUT2D eigenvalue weighted by Crippen LogP contribution is -2.27. The number of hydrogen-bond donors (Lipinski definition) is 5. The van der Waals surface area contributed by atoms with Gasteiger partial charge in [0.2, 0.25) is 23.1 Å². The minimum absolute atomic E-state index is 0.0642. The number of aromatic nitrogens is 5. The van der Waals surface area contributed by atoms with Gasteiger partial charge in [0.25, 0.3) is 0 Å². The van der Waals surface area contributed by atoms with Crippen LogP contribution in [0, 0.1) is 0 Å². The summed E-state index contributed by atoms with van der Waals surface area (Å²) in [5.74, 6) is -0.0427. The van der Waals surface area contributed by atoms with Crippen LogP contribution in [0.3, 0.4) is 0 Å². The number of halogens is 3. The molecule has 2 heterocycles. The van der Waals surface area contributed by atoms with E-state index < -0.39 is 32.2 Å². The third-order valence-electron chi connectivity index (χ3n) is 4.80. The first-order valence-corrected chi connectivity index (χ1v) is 20.6. The molecule has 0 saturated heterocycles. The molecule has 1 unspecified atom stereocenters. The van der Waals surface area contributed by atoms with Crippen LogP contribution in [0.25, 0.3) is 5.69 Å². The van der Waals surface area contributed by atoms with E-state index in [1.54, 1.807) is 6.07 Å². The molecule has 0 saturated carbocycles. The summed E-state index contributed by atoms with van der Waals surface area (Å²) in [5, 5.41) is 21.2. The minimum Gasteiger partial charge on any atom is -0.778 e. The van der Waals surface area contributed by atoms with Crippen molar-refractivity contribution in [1.29, 1.82) is 0 Å². The molecule has 16 nitrogen and oxygen atoms in total. The van der Waals surface area contributed by atoms with E-state index in [0.29, 0.717) is 45.1 Å². The monoisotopic (exact) mass is 818 g/mol. The predicted molar refractivity (Wildman–Crippen MR) is 204 cm³/mol. The number of ether oxygens (including phenoxy) is 1. The Labute approximate surface area is 317 Å². The van der Waals surface area contributed by atoms with Crippen LogP contribution in [0.4, 0.5) is 11.9 Å². The number of carboxylic acid groups (broad SMARTS) is 1. The number of rotatable bonds is 10. The van der Waals surface area contributed by atoms with E-state index in [2.05, 4.69) is 49.5 Å². The van der Waals surface area contributed by atoms with Gasteiger partial charge in [0.05, 0.1) is 53.4 Å². The molecule has 290 valence electrons. The lowest BCUT2D eigenvalue weighted by atomic mass is 9.97. The van der Waals surface area contributed by atoms with Crippen LogP contribution in [-0.4, -0.2) is 90.5 Å². The lowest BCUT2D eigenvalue weighted by molar-refractivity contribution is -0.193. The molecule has 1 aromatic carbocycles. The highest BCUT2D eigenvalue weighted by molar-refractivity contribution is 7.94. The third-order valence-corrected chi connectivity index (χ3v) is 6.19. The Morgan fingerprint density at radius 3 is 2.04 bits per heavy atom. The molecule has 21 heteroatoms. The van der Waals surface area contributed by atoms with Crippen LogP contribution < -0.4 is 31.3 Å². The standard InChI is InChI=1S/C15H18Cl2N2O3.C9H16ClN5.C3H8NO5P.C3H9S/c1-8(2)21-12-7-11(9(16)6-10(12)17)19-14(20)22-13(18-19)15(3,4)5;1-5-11-7-12-6(10)13-8(14-7)15-9(2,3)4;5-3(6)1-4-2-10(7,8)9;1-4(2)3/h6-8H,1-5H3;5H2,1-4H3,(H2,11,12,13,14,15);4H,1-2H2,(H,5,6)(H2,7,8,9);1-3H3/q;;;+1/p-1. The second-order valence-corrected chi connectivity index (χ2v) is 18.4. The molecule has 0 amide bonds. The maximum absolute atomic E-state index is 12.1. The highest BCUT2D eigenvalue weighted by Gasteiger charge is 2.24. The number of carbonyl (C=O) groups is 1. The lowest BCUT2D eigenvalue weighted by Gasteiger charge is -2.20. The van der Waals surface area contributed by atoms with E-state index in [-0.39, 0.29) is 27.4 Å². The molecule has 51 heavy (non-hydrogen) atoms. The van der Waals surface area contributed by atoms with Gasteiger partial charge >= 0.3 is 11.7 Å². The van der Waals surface area contributed by atoms with Crippen molar-refractivity contribution in [3.8, 4) is 11.4 Å². The Morgan fingerprint density at radius 2 is 1.61 bits per heavy atom. The van der Waals surface area contributed by atoms with Gasteiger partial charge in [-0.15, -0.1) is 5.10 Å². The first-order valence-electron chi connectivity index (χ1n) is 15.3. The predicted octanol–water partition coefficient (Wildman–Crippen LogP) is 5.04. The van der Waals surface area contributed by atoms with Crippen LogP contribution in [0.15, 0.2) is 21.3 Å². The number of carboxylic acids is 1. The number of nitrogens with zero attached hydrogens (tertiary/aromatic N) is 5.